The van der Waals surface area contributed by atoms with Crippen molar-refractivity contribution >= 4 is 17.0 Å². The molecule has 1 aliphatic heterocycles. The van der Waals surface area contributed by atoms with Crippen LogP contribution < -0.4 is 10.6 Å². The lowest BCUT2D eigenvalue weighted by Gasteiger charge is -2.24. The number of fused-ring (bicyclic) bond motifs is 1. The summed E-state index contributed by atoms with van der Waals surface area (Å²) >= 11 is 0. The highest BCUT2D eigenvalue weighted by molar-refractivity contribution is 5.78. The van der Waals surface area contributed by atoms with Gasteiger partial charge in [0.25, 0.3) is 0 Å². The fourth-order valence-electron chi connectivity index (χ4n) is 2.73. The summed E-state index contributed by atoms with van der Waals surface area (Å²) in [4.78, 5) is 4.76. The van der Waals surface area contributed by atoms with Crippen LogP contribution in [0.15, 0.2) is 36.4 Å². The Morgan fingerprint density at radius 2 is 2.15 bits per heavy atom. The van der Waals surface area contributed by atoms with Crippen molar-refractivity contribution in [2.24, 2.45) is 0 Å². The minimum absolute atomic E-state index is 0.525. The molecule has 2 heterocycles. The number of nitrogens with one attached hydrogen (secondary N) is 2. The molecule has 106 valence electrons. The molecule has 0 radical (unpaired) electrons. The molecule has 0 atom stereocenters. The normalized spacial score (nSPS) is 17.1. The van der Waals surface area contributed by atoms with E-state index in [0.717, 1.165) is 43.9 Å². The highest BCUT2D eigenvalue weighted by Crippen LogP contribution is 2.21. The molecule has 1 aromatic heterocycles. The molecular weight excluding hydrogens is 248 g/mol. The molecule has 0 unspecified atom stereocenters. The average Bonchev–Trinajstić information content (AvgIpc) is 2.83. The maximum atomic E-state index is 4.76. The Balaban J connectivity index is 1.91. The molecule has 1 fully saturated rings. The van der Waals surface area contributed by atoms with Crippen molar-refractivity contribution in [2.75, 3.05) is 18.4 Å². The molecule has 1 saturated heterocycles. The fraction of sp³-hybridized carbons (Fsp3) is 0.438. The second kappa shape index (κ2) is 6.09. The Labute approximate surface area is 119 Å². The maximum Gasteiger partial charge on any atom is 0.204 e. The van der Waals surface area contributed by atoms with Crippen molar-refractivity contribution < 1.29 is 0 Å². The Morgan fingerprint density at radius 3 is 2.95 bits per heavy atom. The van der Waals surface area contributed by atoms with Crippen molar-refractivity contribution in [1.29, 1.82) is 0 Å². The molecule has 0 bridgehead atoms. The number of hydrogen-bond acceptors (Lipinski definition) is 3. The summed E-state index contributed by atoms with van der Waals surface area (Å²) in [7, 11) is 0. The molecule has 2 N–H and O–H groups in total. The smallest absolute Gasteiger partial charge is 0.204 e. The highest BCUT2D eigenvalue weighted by Gasteiger charge is 2.16. The van der Waals surface area contributed by atoms with Crippen molar-refractivity contribution in [3.63, 3.8) is 0 Å². The first-order valence-corrected chi connectivity index (χ1v) is 7.42. The zero-order valence-corrected chi connectivity index (χ0v) is 12.0. The lowest BCUT2D eigenvalue weighted by atomic mass is 10.1. The number of nitrogens with zero attached hydrogens (tertiary/aromatic N) is 2. The fourth-order valence-corrected chi connectivity index (χ4v) is 2.73. The topological polar surface area (TPSA) is 41.9 Å². The number of hydrogen-bond donors (Lipinski definition) is 2. The number of rotatable bonds is 4. The van der Waals surface area contributed by atoms with Crippen molar-refractivity contribution in [1.82, 2.24) is 14.9 Å². The van der Waals surface area contributed by atoms with Gasteiger partial charge in [0.1, 0.15) is 0 Å². The van der Waals surface area contributed by atoms with Gasteiger partial charge >= 0.3 is 0 Å². The molecule has 4 heteroatoms. The van der Waals surface area contributed by atoms with Crippen LogP contribution in [-0.4, -0.2) is 28.7 Å². The Bertz CT molecular complexity index is 594. The van der Waals surface area contributed by atoms with Crippen LogP contribution >= 0.6 is 0 Å². The first kappa shape index (κ1) is 13.2. The summed E-state index contributed by atoms with van der Waals surface area (Å²) in [6, 6.07) is 8.86. The maximum absolute atomic E-state index is 4.76. The minimum atomic E-state index is 0.525. The second-order valence-corrected chi connectivity index (χ2v) is 5.27. The number of imidazole rings is 1. The van der Waals surface area contributed by atoms with Gasteiger partial charge in [0.05, 0.1) is 11.0 Å². The molecule has 4 nitrogen and oxygen atoms in total. The predicted octanol–water partition coefficient (Wildman–Crippen LogP) is 2.78. The predicted molar refractivity (Wildman–Crippen MR) is 84.1 cm³/mol. The van der Waals surface area contributed by atoms with Crippen LogP contribution in [-0.2, 0) is 6.54 Å². The zero-order valence-electron chi connectivity index (χ0n) is 12.0. The monoisotopic (exact) mass is 270 g/mol. The van der Waals surface area contributed by atoms with E-state index in [1.807, 2.05) is 6.07 Å². The number of piperidine rings is 1. The van der Waals surface area contributed by atoms with Gasteiger partial charge in [0.2, 0.25) is 5.95 Å². The number of allylic oxidation sites excluding steroid dienone is 2. The first-order valence-electron chi connectivity index (χ1n) is 7.42. The van der Waals surface area contributed by atoms with Crippen molar-refractivity contribution in [3.8, 4) is 0 Å². The largest absolute Gasteiger partial charge is 0.353 e. The van der Waals surface area contributed by atoms with Gasteiger partial charge in [-0.15, -0.1) is 0 Å². The summed E-state index contributed by atoms with van der Waals surface area (Å²) < 4.78 is 2.26. The summed E-state index contributed by atoms with van der Waals surface area (Å²) in [6.07, 6.45) is 6.57. The van der Waals surface area contributed by atoms with E-state index in [0.29, 0.717) is 6.04 Å². The average molecular weight is 270 g/mol. The molecule has 2 aromatic rings. The quantitative estimate of drug-likeness (QED) is 0.839. The molecule has 0 aliphatic carbocycles. The lowest BCUT2D eigenvalue weighted by molar-refractivity contribution is 0.476. The van der Waals surface area contributed by atoms with E-state index in [2.05, 4.69) is 52.5 Å². The zero-order chi connectivity index (χ0) is 13.8. The summed E-state index contributed by atoms with van der Waals surface area (Å²) in [5.74, 6) is 0.996. The van der Waals surface area contributed by atoms with Crippen LogP contribution in [0.25, 0.3) is 11.0 Å². The molecule has 1 aromatic carbocycles. The van der Waals surface area contributed by atoms with E-state index in [-0.39, 0.29) is 0 Å². The Morgan fingerprint density at radius 1 is 1.35 bits per heavy atom. The van der Waals surface area contributed by atoms with Gasteiger partial charge in [-0.2, -0.15) is 0 Å². The van der Waals surface area contributed by atoms with Crippen LogP contribution in [0.1, 0.15) is 19.8 Å². The summed E-state index contributed by atoms with van der Waals surface area (Å²) in [5.41, 5.74) is 2.26. The van der Waals surface area contributed by atoms with Crippen LogP contribution in [0.3, 0.4) is 0 Å². The van der Waals surface area contributed by atoms with Gasteiger partial charge < -0.3 is 15.2 Å². The van der Waals surface area contributed by atoms with Gasteiger partial charge in [-0.3, -0.25) is 0 Å². The molecule has 0 spiro atoms. The first-order chi connectivity index (χ1) is 9.88. The van der Waals surface area contributed by atoms with Crippen LogP contribution in [0.5, 0.6) is 0 Å². The molecular formula is C16H22N4. The van der Waals surface area contributed by atoms with Crippen molar-refractivity contribution in [2.45, 2.75) is 32.4 Å². The third-order valence-corrected chi connectivity index (χ3v) is 3.85. The number of para-hydroxylation sites is 2. The number of benzene rings is 1. The summed E-state index contributed by atoms with van der Waals surface area (Å²) in [5, 5.41) is 7.02. The van der Waals surface area contributed by atoms with Gasteiger partial charge in [-0.05, 0) is 45.0 Å². The molecule has 1 aliphatic rings. The molecule has 0 amide bonds. The number of anilines is 1. The molecule has 20 heavy (non-hydrogen) atoms. The number of aromatic nitrogens is 2. The lowest BCUT2D eigenvalue weighted by Crippen LogP contribution is -2.36. The van der Waals surface area contributed by atoms with E-state index in [1.54, 1.807) is 0 Å². The van der Waals surface area contributed by atoms with Crippen LogP contribution in [0.2, 0.25) is 0 Å². The van der Waals surface area contributed by atoms with Crippen LogP contribution in [0.4, 0.5) is 5.95 Å². The van der Waals surface area contributed by atoms with Gasteiger partial charge in [-0.25, -0.2) is 4.98 Å². The molecule has 0 saturated carbocycles. The Hall–Kier alpha value is -1.81. The van der Waals surface area contributed by atoms with Crippen LogP contribution in [0, 0.1) is 0 Å². The van der Waals surface area contributed by atoms with E-state index in [9.17, 15) is 0 Å². The van der Waals surface area contributed by atoms with E-state index < -0.39 is 0 Å². The Kier molecular flexibility index (Phi) is 4.02. The van der Waals surface area contributed by atoms with Gasteiger partial charge in [-0.1, -0.05) is 24.3 Å². The third-order valence-electron chi connectivity index (χ3n) is 3.85. The van der Waals surface area contributed by atoms with Gasteiger partial charge in [0, 0.05) is 12.6 Å². The standard InChI is InChI=1S/C16H22N4/c1-2-3-12-20-15-7-5-4-6-14(15)19-16(20)18-13-8-10-17-11-9-13/h2-7,13,17H,8-12H2,1H3,(H,18,19)/b3-2+. The van der Waals surface area contributed by atoms with E-state index in [1.165, 1.54) is 5.52 Å². The van der Waals surface area contributed by atoms with E-state index in [4.69, 9.17) is 4.98 Å². The van der Waals surface area contributed by atoms with E-state index >= 15 is 0 Å². The minimum Gasteiger partial charge on any atom is -0.353 e. The summed E-state index contributed by atoms with van der Waals surface area (Å²) in [6.45, 7) is 5.10. The van der Waals surface area contributed by atoms with Gasteiger partial charge in [0.15, 0.2) is 0 Å². The highest BCUT2D eigenvalue weighted by atomic mass is 15.2. The third kappa shape index (κ3) is 2.70. The second-order valence-electron chi connectivity index (χ2n) is 5.27. The molecule has 3 rings (SSSR count). The van der Waals surface area contributed by atoms with Crippen molar-refractivity contribution in [3.05, 3.63) is 36.4 Å². The SMILES string of the molecule is C/C=C/Cn1c(NC2CCNCC2)nc2ccccc21.